The number of hydrogen-bond acceptors (Lipinski definition) is 2. The number of amides is 1. The van der Waals surface area contributed by atoms with Gasteiger partial charge in [0, 0.05) is 24.4 Å². The van der Waals surface area contributed by atoms with Gasteiger partial charge in [0.05, 0.1) is 0 Å². The van der Waals surface area contributed by atoms with Crippen LogP contribution in [0.2, 0.25) is 0 Å². The lowest BCUT2D eigenvalue weighted by atomic mass is 9.46. The third-order valence-corrected chi connectivity index (χ3v) is 10.7. The van der Waals surface area contributed by atoms with Crippen LogP contribution in [-0.2, 0) is 11.2 Å². The summed E-state index contributed by atoms with van der Waals surface area (Å²) >= 11 is 1.95. The average molecular weight is 386 g/mol. The molecule has 2 heterocycles. The number of hydrogen-bond donors (Lipinski definition) is 0. The van der Waals surface area contributed by atoms with E-state index in [1.165, 1.54) is 44.9 Å². The van der Waals surface area contributed by atoms with E-state index in [4.69, 9.17) is 0 Å². The molecule has 148 valence electrons. The van der Waals surface area contributed by atoms with Crippen LogP contribution < -0.4 is 0 Å². The van der Waals surface area contributed by atoms with Crippen LogP contribution in [0.4, 0.5) is 0 Å². The Morgan fingerprint density at radius 2 is 1.89 bits per heavy atom. The zero-order valence-electron chi connectivity index (χ0n) is 17.2. The largest absolute Gasteiger partial charge is 0.342 e. The zero-order chi connectivity index (χ0) is 18.8. The van der Waals surface area contributed by atoms with Gasteiger partial charge in [0.15, 0.2) is 0 Å². The predicted octanol–water partition coefficient (Wildman–Crippen LogP) is 5.77. The molecule has 4 aliphatic rings. The number of piperidine rings is 1. The van der Waals surface area contributed by atoms with Gasteiger partial charge in [-0.3, -0.25) is 4.79 Å². The van der Waals surface area contributed by atoms with Crippen molar-refractivity contribution in [3.8, 4) is 0 Å². The molecule has 7 atom stereocenters. The van der Waals surface area contributed by atoms with Crippen molar-refractivity contribution in [3.63, 3.8) is 0 Å². The SMILES string of the molecule is CN1C(=O)CC[C@@]2(C)C1CC[C@@H]1[C@H]2CC[C@]2(C)C(Cc3cccs3)CC[C@@H]12. The van der Waals surface area contributed by atoms with Crippen molar-refractivity contribution in [1.29, 1.82) is 0 Å². The van der Waals surface area contributed by atoms with Crippen LogP contribution in [0.3, 0.4) is 0 Å². The molecule has 0 spiro atoms. The number of rotatable bonds is 2. The molecule has 3 saturated carbocycles. The molecular formula is C24H35NOS. The summed E-state index contributed by atoms with van der Waals surface area (Å²) in [4.78, 5) is 16.0. The van der Waals surface area contributed by atoms with Gasteiger partial charge >= 0.3 is 0 Å². The summed E-state index contributed by atoms with van der Waals surface area (Å²) < 4.78 is 0. The van der Waals surface area contributed by atoms with Gasteiger partial charge in [0.1, 0.15) is 0 Å². The minimum atomic E-state index is 0.360. The number of likely N-dealkylation sites (tertiary alicyclic amines) is 1. The number of carbonyl (C=O) groups excluding carboxylic acids is 1. The molecule has 0 radical (unpaired) electrons. The summed E-state index contributed by atoms with van der Waals surface area (Å²) in [5.41, 5.74) is 0.906. The first-order valence-corrected chi connectivity index (χ1v) is 12.1. The normalized spacial score (nSPS) is 46.7. The Kier molecular flexibility index (Phi) is 4.28. The smallest absolute Gasteiger partial charge is 0.222 e. The minimum absolute atomic E-state index is 0.360. The van der Waals surface area contributed by atoms with Gasteiger partial charge in [-0.25, -0.2) is 0 Å². The maximum atomic E-state index is 12.3. The van der Waals surface area contributed by atoms with Crippen molar-refractivity contribution >= 4 is 17.2 Å². The van der Waals surface area contributed by atoms with E-state index in [9.17, 15) is 4.79 Å². The molecule has 1 aromatic rings. The van der Waals surface area contributed by atoms with Crippen molar-refractivity contribution in [1.82, 2.24) is 4.90 Å². The molecule has 1 saturated heterocycles. The van der Waals surface area contributed by atoms with Crippen molar-refractivity contribution in [3.05, 3.63) is 22.4 Å². The molecule has 3 heteroatoms. The molecule has 2 nitrogen and oxygen atoms in total. The number of nitrogens with zero attached hydrogens (tertiary/aromatic N) is 1. The standard InChI is InChI=1S/C24H35NOS/c1-23-12-10-20-18(7-9-21-24(20,2)13-11-22(26)25(21)3)19(23)8-6-16(23)15-17-5-4-14-27-17/h4-5,14,16,18-21H,6-13,15H2,1-3H3/t16?,18-,19-,20+,21?,23+,24+/m0/s1. The molecule has 2 unspecified atom stereocenters. The quantitative estimate of drug-likeness (QED) is 0.633. The van der Waals surface area contributed by atoms with E-state index >= 15 is 0 Å². The lowest BCUT2D eigenvalue weighted by Crippen LogP contribution is -2.61. The molecule has 1 amide bonds. The minimum Gasteiger partial charge on any atom is -0.342 e. The molecular weight excluding hydrogens is 350 g/mol. The molecule has 0 bridgehead atoms. The highest BCUT2D eigenvalue weighted by atomic mass is 32.1. The van der Waals surface area contributed by atoms with E-state index in [1.807, 2.05) is 11.3 Å². The summed E-state index contributed by atoms with van der Waals surface area (Å²) in [6.07, 6.45) is 11.5. The number of carbonyl (C=O) groups is 1. The van der Waals surface area contributed by atoms with Crippen molar-refractivity contribution in [2.75, 3.05) is 7.05 Å². The van der Waals surface area contributed by atoms with Crippen LogP contribution >= 0.6 is 11.3 Å². The fourth-order valence-electron chi connectivity index (χ4n) is 8.27. The summed E-state index contributed by atoms with van der Waals surface area (Å²) in [6, 6.07) is 5.05. The maximum absolute atomic E-state index is 12.3. The second-order valence-electron chi connectivity index (χ2n) is 10.6. The van der Waals surface area contributed by atoms with Crippen LogP contribution in [0.1, 0.15) is 70.1 Å². The molecule has 5 rings (SSSR count). The van der Waals surface area contributed by atoms with Crippen LogP contribution in [0.15, 0.2) is 17.5 Å². The maximum Gasteiger partial charge on any atom is 0.222 e. The van der Waals surface area contributed by atoms with Crippen molar-refractivity contribution < 1.29 is 4.79 Å². The number of thiophene rings is 1. The average Bonchev–Trinajstić information content (AvgIpc) is 3.27. The molecule has 0 aromatic carbocycles. The summed E-state index contributed by atoms with van der Waals surface area (Å²) in [7, 11) is 2.07. The van der Waals surface area contributed by atoms with E-state index in [0.29, 0.717) is 22.8 Å². The van der Waals surface area contributed by atoms with Gasteiger partial charge in [-0.1, -0.05) is 19.9 Å². The number of fused-ring (bicyclic) bond motifs is 5. The Morgan fingerprint density at radius 3 is 2.67 bits per heavy atom. The first-order chi connectivity index (χ1) is 12.9. The summed E-state index contributed by atoms with van der Waals surface area (Å²) in [5.74, 6) is 3.92. The van der Waals surface area contributed by atoms with Crippen LogP contribution in [0, 0.1) is 34.5 Å². The topological polar surface area (TPSA) is 20.3 Å². The van der Waals surface area contributed by atoms with Crippen molar-refractivity contribution in [2.45, 2.75) is 77.7 Å². The summed E-state index contributed by atoms with van der Waals surface area (Å²) in [5, 5.41) is 2.24. The first kappa shape index (κ1) is 18.2. The molecule has 27 heavy (non-hydrogen) atoms. The lowest BCUT2D eigenvalue weighted by molar-refractivity contribution is -0.158. The van der Waals surface area contributed by atoms with E-state index in [2.05, 4.69) is 43.3 Å². The van der Waals surface area contributed by atoms with Gasteiger partial charge in [0.25, 0.3) is 0 Å². The fraction of sp³-hybridized carbons (Fsp3) is 0.792. The third kappa shape index (κ3) is 2.59. The van der Waals surface area contributed by atoms with E-state index in [0.717, 1.165) is 36.5 Å². The third-order valence-electron chi connectivity index (χ3n) is 9.78. The lowest BCUT2D eigenvalue weighted by Gasteiger charge is -2.61. The highest BCUT2D eigenvalue weighted by Gasteiger charge is 2.60. The van der Waals surface area contributed by atoms with Crippen molar-refractivity contribution in [2.24, 2.45) is 34.5 Å². The van der Waals surface area contributed by atoms with Gasteiger partial charge in [-0.05, 0) is 97.3 Å². The Bertz CT molecular complexity index is 714. The van der Waals surface area contributed by atoms with Crippen LogP contribution in [0.5, 0.6) is 0 Å². The van der Waals surface area contributed by atoms with E-state index < -0.39 is 0 Å². The molecule has 0 N–H and O–H groups in total. The molecule has 3 aliphatic carbocycles. The predicted molar refractivity (Wildman–Crippen MR) is 112 cm³/mol. The fourth-order valence-corrected chi connectivity index (χ4v) is 9.05. The van der Waals surface area contributed by atoms with Gasteiger partial charge < -0.3 is 4.90 Å². The zero-order valence-corrected chi connectivity index (χ0v) is 18.1. The van der Waals surface area contributed by atoms with Gasteiger partial charge in [-0.15, -0.1) is 11.3 Å². The Balaban J connectivity index is 1.40. The van der Waals surface area contributed by atoms with Gasteiger partial charge in [0.2, 0.25) is 5.91 Å². The Labute approximate surface area is 168 Å². The van der Waals surface area contributed by atoms with E-state index in [-0.39, 0.29) is 0 Å². The molecule has 1 aliphatic heterocycles. The van der Waals surface area contributed by atoms with Crippen LogP contribution in [-0.4, -0.2) is 23.9 Å². The first-order valence-electron chi connectivity index (χ1n) is 11.2. The van der Waals surface area contributed by atoms with Gasteiger partial charge in [-0.2, -0.15) is 0 Å². The molecule has 1 aromatic heterocycles. The highest BCUT2D eigenvalue weighted by Crippen LogP contribution is 2.66. The Hall–Kier alpha value is -0.830. The van der Waals surface area contributed by atoms with Crippen LogP contribution in [0.25, 0.3) is 0 Å². The second-order valence-corrected chi connectivity index (χ2v) is 11.6. The molecule has 4 fully saturated rings. The second kappa shape index (κ2) is 6.34. The Morgan fingerprint density at radius 1 is 1.07 bits per heavy atom. The summed E-state index contributed by atoms with van der Waals surface area (Å²) in [6.45, 7) is 5.18. The monoisotopic (exact) mass is 385 g/mol. The van der Waals surface area contributed by atoms with E-state index in [1.54, 1.807) is 4.88 Å². The highest BCUT2D eigenvalue weighted by molar-refractivity contribution is 7.09.